The van der Waals surface area contributed by atoms with Gasteiger partial charge in [-0.1, -0.05) is 0 Å². The Morgan fingerprint density at radius 1 is 1.31 bits per heavy atom. The summed E-state index contributed by atoms with van der Waals surface area (Å²) in [5, 5.41) is 10.0. The van der Waals surface area contributed by atoms with E-state index in [0.717, 1.165) is 4.73 Å². The number of hydrogen-bond donors (Lipinski definition) is 1. The summed E-state index contributed by atoms with van der Waals surface area (Å²) < 4.78 is 13.6. The highest BCUT2D eigenvalue weighted by molar-refractivity contribution is 6.32. The molecule has 2 aromatic rings. The van der Waals surface area contributed by atoms with E-state index in [1.165, 1.54) is 18.3 Å². The van der Waals surface area contributed by atoms with Crippen LogP contribution < -0.4 is 10.2 Å². The Morgan fingerprint density at radius 3 is 2.85 bits per heavy atom. The van der Waals surface area contributed by atoms with Crippen LogP contribution in [0.3, 0.4) is 0 Å². The second-order valence-corrected chi connectivity index (χ2v) is 2.82. The molecule has 0 saturated heterocycles. The van der Waals surface area contributed by atoms with E-state index in [1.807, 2.05) is 0 Å². The zero-order valence-electron chi connectivity index (χ0n) is 6.74. The Morgan fingerprint density at radius 2 is 2.08 bits per heavy atom. The zero-order valence-corrected chi connectivity index (χ0v) is 6.74. The number of benzene rings is 1. The molecule has 1 aromatic heterocycles. The molecule has 2 nitrogen and oxygen atoms in total. The summed E-state index contributed by atoms with van der Waals surface area (Å²) in [5.74, 6) is -0.389. The number of hydrogen-bond acceptors (Lipinski definition) is 1. The van der Waals surface area contributed by atoms with Crippen LogP contribution in [0.15, 0.2) is 30.5 Å². The van der Waals surface area contributed by atoms with E-state index in [9.17, 15) is 9.60 Å². The lowest BCUT2D eigenvalue weighted by molar-refractivity contribution is -0.884. The lowest BCUT2D eigenvalue weighted by Crippen LogP contribution is -2.34. The van der Waals surface area contributed by atoms with Gasteiger partial charge in [0.05, 0.1) is 11.5 Å². The summed E-state index contributed by atoms with van der Waals surface area (Å²) in [6.45, 7) is 0. The normalized spacial score (nSPS) is 10.5. The first kappa shape index (κ1) is 8.04. The van der Waals surface area contributed by atoms with E-state index in [1.54, 1.807) is 12.1 Å². The van der Waals surface area contributed by atoms with Crippen molar-refractivity contribution in [2.24, 2.45) is 0 Å². The molecule has 1 heterocycles. The van der Waals surface area contributed by atoms with Crippen molar-refractivity contribution < 1.29 is 14.3 Å². The van der Waals surface area contributed by atoms with Crippen molar-refractivity contribution in [3.05, 3.63) is 36.3 Å². The average Bonchev–Trinajstić information content (AvgIpc) is 2.06. The van der Waals surface area contributed by atoms with E-state index in [2.05, 4.69) is 0 Å². The highest BCUT2D eigenvalue weighted by Gasteiger charge is 2.09. The van der Waals surface area contributed by atoms with Crippen molar-refractivity contribution in [1.29, 1.82) is 0 Å². The highest BCUT2D eigenvalue weighted by atomic mass is 19.1. The largest absolute Gasteiger partial charge is 0.285 e. The van der Waals surface area contributed by atoms with Crippen LogP contribution in [0.4, 0.5) is 4.39 Å². The van der Waals surface area contributed by atoms with Gasteiger partial charge >= 0.3 is 0 Å². The van der Waals surface area contributed by atoms with Gasteiger partial charge in [-0.3, -0.25) is 5.21 Å². The first-order valence-corrected chi connectivity index (χ1v) is 3.76. The van der Waals surface area contributed by atoms with Crippen molar-refractivity contribution in [3.63, 3.8) is 0 Å². The van der Waals surface area contributed by atoms with E-state index < -0.39 is 0 Å². The van der Waals surface area contributed by atoms with E-state index in [0.29, 0.717) is 16.4 Å². The molecule has 4 heteroatoms. The lowest BCUT2D eigenvalue weighted by atomic mass is 9.97. The van der Waals surface area contributed by atoms with Gasteiger partial charge in [0.15, 0.2) is 0 Å². The Bertz CT molecular complexity index is 472. The van der Waals surface area contributed by atoms with Gasteiger partial charge < -0.3 is 0 Å². The highest BCUT2D eigenvalue weighted by Crippen LogP contribution is 2.09. The number of nitrogens with zero attached hydrogens (tertiary/aromatic N) is 1. The maximum Gasteiger partial charge on any atom is 0.267 e. The molecule has 0 amide bonds. The van der Waals surface area contributed by atoms with Gasteiger partial charge in [0.1, 0.15) is 13.7 Å². The summed E-state index contributed by atoms with van der Waals surface area (Å²) in [5.41, 5.74) is 0.829. The number of fused-ring (bicyclic) bond motifs is 1. The van der Waals surface area contributed by atoms with Crippen LogP contribution in [0.1, 0.15) is 0 Å². The molecule has 0 aliphatic carbocycles. The Kier molecular flexibility index (Phi) is 1.69. The van der Waals surface area contributed by atoms with Crippen LogP contribution in [-0.4, -0.2) is 13.1 Å². The third-order valence-corrected chi connectivity index (χ3v) is 1.83. The van der Waals surface area contributed by atoms with Crippen molar-refractivity contribution >= 4 is 24.2 Å². The number of pyridine rings is 1. The number of halogens is 1. The van der Waals surface area contributed by atoms with Crippen LogP contribution in [0, 0.1) is 5.82 Å². The van der Waals surface area contributed by atoms with Crippen molar-refractivity contribution in [2.45, 2.75) is 0 Å². The minimum atomic E-state index is -0.389. The van der Waals surface area contributed by atoms with Gasteiger partial charge in [-0.05, 0) is 23.7 Å². The average molecular weight is 174 g/mol. The van der Waals surface area contributed by atoms with Crippen LogP contribution in [-0.2, 0) is 0 Å². The molecule has 0 saturated carbocycles. The van der Waals surface area contributed by atoms with E-state index in [4.69, 9.17) is 7.85 Å². The van der Waals surface area contributed by atoms with Gasteiger partial charge in [-0.2, -0.15) is 0 Å². The standard InChI is InChI=1S/C9H6BFNO/c10-7-3-6-1-2-8(11)4-9(6)12(13)5-7/h1-5,13H/q+1. The molecule has 0 bridgehead atoms. The molecule has 0 aliphatic rings. The first-order valence-electron chi connectivity index (χ1n) is 3.76. The molecular weight excluding hydrogens is 168 g/mol. The number of rotatable bonds is 0. The molecule has 0 atom stereocenters. The third-order valence-electron chi connectivity index (χ3n) is 1.83. The van der Waals surface area contributed by atoms with Crippen molar-refractivity contribution in [1.82, 2.24) is 0 Å². The molecular formula is C9H6BFNO+. The quantitative estimate of drug-likeness (QED) is 0.346. The van der Waals surface area contributed by atoms with Gasteiger partial charge in [-0.15, -0.1) is 0 Å². The SMILES string of the molecule is [B]c1cc2ccc(F)cc2[n+](O)c1. The number of aromatic nitrogens is 1. The molecule has 0 unspecified atom stereocenters. The summed E-state index contributed by atoms with van der Waals surface area (Å²) in [7, 11) is 5.49. The van der Waals surface area contributed by atoms with Crippen molar-refractivity contribution in [3.8, 4) is 0 Å². The summed E-state index contributed by atoms with van der Waals surface area (Å²) >= 11 is 0. The molecule has 1 aromatic carbocycles. The van der Waals surface area contributed by atoms with Crippen LogP contribution in [0.5, 0.6) is 0 Å². The van der Waals surface area contributed by atoms with E-state index in [-0.39, 0.29) is 5.82 Å². The van der Waals surface area contributed by atoms with E-state index >= 15 is 0 Å². The Labute approximate surface area is 75.6 Å². The predicted molar refractivity (Wildman–Crippen MR) is 46.7 cm³/mol. The second kappa shape index (κ2) is 2.73. The maximum atomic E-state index is 12.8. The Balaban J connectivity index is 2.87. The first-order chi connectivity index (χ1) is 6.16. The van der Waals surface area contributed by atoms with Gasteiger partial charge in [0, 0.05) is 4.73 Å². The zero-order chi connectivity index (χ0) is 9.42. The predicted octanol–water partition coefficient (Wildman–Crippen LogP) is 0.298. The van der Waals surface area contributed by atoms with Gasteiger partial charge in [0.25, 0.3) is 5.52 Å². The smallest absolute Gasteiger partial charge is 0.267 e. The minimum absolute atomic E-state index is 0.389. The summed E-state index contributed by atoms with van der Waals surface area (Å²) in [6, 6.07) is 5.80. The molecule has 13 heavy (non-hydrogen) atoms. The second-order valence-electron chi connectivity index (χ2n) is 2.82. The fourth-order valence-electron chi connectivity index (χ4n) is 1.26. The molecule has 1 N–H and O–H groups in total. The molecule has 2 radical (unpaired) electrons. The minimum Gasteiger partial charge on any atom is -0.285 e. The summed E-state index contributed by atoms with van der Waals surface area (Å²) in [4.78, 5) is 0. The fraction of sp³-hybridized carbons (Fsp3) is 0. The van der Waals surface area contributed by atoms with Gasteiger partial charge in [0.2, 0.25) is 6.20 Å². The van der Waals surface area contributed by atoms with Gasteiger partial charge in [-0.25, -0.2) is 4.39 Å². The summed E-state index contributed by atoms with van der Waals surface area (Å²) in [6.07, 6.45) is 1.32. The lowest BCUT2D eigenvalue weighted by Gasteiger charge is -1.95. The monoisotopic (exact) mass is 174 g/mol. The van der Waals surface area contributed by atoms with Crippen LogP contribution in [0.25, 0.3) is 10.9 Å². The molecule has 62 valence electrons. The molecule has 2 rings (SSSR count). The molecule has 0 spiro atoms. The van der Waals surface area contributed by atoms with Crippen LogP contribution in [0.2, 0.25) is 0 Å². The van der Waals surface area contributed by atoms with Crippen molar-refractivity contribution in [2.75, 3.05) is 0 Å². The molecule has 0 aliphatic heterocycles. The third kappa shape index (κ3) is 1.35. The molecule has 0 fully saturated rings. The Hall–Kier alpha value is -1.58. The van der Waals surface area contributed by atoms with Crippen LogP contribution >= 0.6 is 0 Å². The maximum absolute atomic E-state index is 12.8. The topological polar surface area (TPSA) is 24.1 Å². The fourth-order valence-corrected chi connectivity index (χ4v) is 1.26.